The monoisotopic (exact) mass is 278 g/mol. The van der Waals surface area contributed by atoms with E-state index in [1.807, 2.05) is 12.3 Å². The Bertz CT molecular complexity index is 399. The van der Waals surface area contributed by atoms with Crippen molar-refractivity contribution in [1.29, 1.82) is 0 Å². The second kappa shape index (κ2) is 8.19. The summed E-state index contributed by atoms with van der Waals surface area (Å²) in [7, 11) is 0. The molecule has 0 amide bonds. The number of anilines is 1. The molecule has 0 bridgehead atoms. The van der Waals surface area contributed by atoms with Gasteiger partial charge in [0, 0.05) is 44.5 Å². The summed E-state index contributed by atoms with van der Waals surface area (Å²) >= 11 is 0. The number of hydrogen-bond acceptors (Lipinski definition) is 5. The van der Waals surface area contributed by atoms with Crippen LogP contribution in [-0.2, 0) is 6.54 Å². The molecule has 0 aromatic carbocycles. The lowest BCUT2D eigenvalue weighted by molar-refractivity contribution is 0.204. The molecule has 1 fully saturated rings. The summed E-state index contributed by atoms with van der Waals surface area (Å²) in [5.41, 5.74) is 1.27. The van der Waals surface area contributed by atoms with Crippen molar-refractivity contribution in [3.63, 3.8) is 0 Å². The van der Waals surface area contributed by atoms with Crippen LogP contribution < -0.4 is 10.2 Å². The van der Waals surface area contributed by atoms with Crippen LogP contribution in [0, 0.1) is 0 Å². The van der Waals surface area contributed by atoms with Crippen LogP contribution in [0.5, 0.6) is 0 Å². The van der Waals surface area contributed by atoms with Gasteiger partial charge in [-0.05, 0) is 25.6 Å². The van der Waals surface area contributed by atoms with Gasteiger partial charge in [0.2, 0.25) is 0 Å². The molecule has 0 unspecified atom stereocenters. The van der Waals surface area contributed by atoms with Crippen molar-refractivity contribution in [1.82, 2.24) is 15.2 Å². The van der Waals surface area contributed by atoms with E-state index in [9.17, 15) is 0 Å². The summed E-state index contributed by atoms with van der Waals surface area (Å²) in [6, 6.07) is 4.16. The molecule has 5 heteroatoms. The van der Waals surface area contributed by atoms with Crippen LogP contribution in [0.25, 0.3) is 0 Å². The Labute approximate surface area is 121 Å². The third kappa shape index (κ3) is 4.16. The lowest BCUT2D eigenvalue weighted by Gasteiger charge is -2.24. The summed E-state index contributed by atoms with van der Waals surface area (Å²) in [5, 5.41) is 12.4. The van der Waals surface area contributed by atoms with Gasteiger partial charge in [-0.3, -0.25) is 4.90 Å². The van der Waals surface area contributed by atoms with Crippen molar-refractivity contribution in [2.24, 2.45) is 0 Å². The molecule has 1 aliphatic heterocycles. The Kier molecular flexibility index (Phi) is 6.24. The lowest BCUT2D eigenvalue weighted by atomic mass is 10.2. The fraction of sp³-hybridized carbons (Fsp3) is 0.667. The summed E-state index contributed by atoms with van der Waals surface area (Å²) in [5.74, 6) is 1.11. The summed E-state index contributed by atoms with van der Waals surface area (Å²) in [6.07, 6.45) is 3.00. The quantitative estimate of drug-likeness (QED) is 0.802. The maximum atomic E-state index is 9.06. The van der Waals surface area contributed by atoms with Crippen molar-refractivity contribution < 1.29 is 5.11 Å². The van der Waals surface area contributed by atoms with Crippen LogP contribution in [-0.4, -0.2) is 60.9 Å². The van der Waals surface area contributed by atoms with Gasteiger partial charge in [-0.2, -0.15) is 0 Å². The van der Waals surface area contributed by atoms with Gasteiger partial charge in [0.05, 0.1) is 6.61 Å². The standard InChI is InChI=1S/C15H26N4O/c1-2-16-13-14-5-3-6-17-15(14)19-8-4-7-18(9-10-19)11-12-20/h3,5-6,16,20H,2,4,7-13H2,1H3. The van der Waals surface area contributed by atoms with E-state index in [-0.39, 0.29) is 6.61 Å². The van der Waals surface area contributed by atoms with E-state index in [4.69, 9.17) is 5.11 Å². The number of nitrogens with one attached hydrogen (secondary N) is 1. The average molecular weight is 278 g/mol. The normalized spacial score (nSPS) is 17.2. The first-order chi connectivity index (χ1) is 9.85. The predicted molar refractivity (Wildman–Crippen MR) is 82.0 cm³/mol. The molecule has 20 heavy (non-hydrogen) atoms. The Morgan fingerprint density at radius 1 is 1.30 bits per heavy atom. The molecular formula is C15H26N4O. The second-order valence-corrected chi connectivity index (χ2v) is 5.17. The van der Waals surface area contributed by atoms with Gasteiger partial charge in [-0.15, -0.1) is 0 Å². The first-order valence-corrected chi connectivity index (χ1v) is 7.58. The van der Waals surface area contributed by atoms with Crippen molar-refractivity contribution in [3.8, 4) is 0 Å². The summed E-state index contributed by atoms with van der Waals surface area (Å²) in [4.78, 5) is 9.29. The number of pyridine rings is 1. The molecule has 2 rings (SSSR count). The number of aromatic nitrogens is 1. The van der Waals surface area contributed by atoms with Gasteiger partial charge in [-0.25, -0.2) is 4.98 Å². The Hall–Kier alpha value is -1.17. The number of aliphatic hydroxyl groups excluding tert-OH is 1. The molecule has 1 aromatic rings. The molecule has 1 aliphatic rings. The first-order valence-electron chi connectivity index (χ1n) is 7.58. The van der Waals surface area contributed by atoms with Gasteiger partial charge in [-0.1, -0.05) is 13.0 Å². The minimum Gasteiger partial charge on any atom is -0.395 e. The summed E-state index contributed by atoms with van der Waals surface area (Å²) in [6.45, 7) is 9.07. The highest BCUT2D eigenvalue weighted by atomic mass is 16.3. The van der Waals surface area contributed by atoms with E-state index in [0.717, 1.165) is 58.1 Å². The molecule has 0 atom stereocenters. The maximum absolute atomic E-state index is 9.06. The van der Waals surface area contributed by atoms with Crippen LogP contribution in [0.4, 0.5) is 5.82 Å². The first kappa shape index (κ1) is 15.2. The molecule has 1 saturated heterocycles. The minimum atomic E-state index is 0.245. The van der Waals surface area contributed by atoms with Gasteiger partial charge in [0.25, 0.3) is 0 Å². The fourth-order valence-corrected chi connectivity index (χ4v) is 2.66. The molecular weight excluding hydrogens is 252 g/mol. The largest absolute Gasteiger partial charge is 0.395 e. The average Bonchev–Trinajstić information content (AvgIpc) is 2.71. The highest BCUT2D eigenvalue weighted by Crippen LogP contribution is 2.18. The molecule has 0 saturated carbocycles. The van der Waals surface area contributed by atoms with E-state index in [2.05, 4.69) is 33.1 Å². The Morgan fingerprint density at radius 2 is 2.20 bits per heavy atom. The molecule has 2 heterocycles. The number of aliphatic hydroxyl groups is 1. The van der Waals surface area contributed by atoms with E-state index in [0.29, 0.717) is 0 Å². The van der Waals surface area contributed by atoms with E-state index >= 15 is 0 Å². The van der Waals surface area contributed by atoms with E-state index in [1.165, 1.54) is 5.56 Å². The highest BCUT2D eigenvalue weighted by molar-refractivity contribution is 5.46. The van der Waals surface area contributed by atoms with Gasteiger partial charge in [0.1, 0.15) is 5.82 Å². The number of β-amino-alcohol motifs (C(OH)–C–C–N with tert-alkyl or cyclic N) is 1. The number of hydrogen-bond donors (Lipinski definition) is 2. The number of rotatable bonds is 6. The van der Waals surface area contributed by atoms with Gasteiger partial charge >= 0.3 is 0 Å². The zero-order chi connectivity index (χ0) is 14.2. The molecule has 0 radical (unpaired) electrons. The fourth-order valence-electron chi connectivity index (χ4n) is 2.66. The molecule has 112 valence electrons. The molecule has 5 nitrogen and oxygen atoms in total. The summed E-state index contributed by atoms with van der Waals surface area (Å²) < 4.78 is 0. The maximum Gasteiger partial charge on any atom is 0.133 e. The van der Waals surface area contributed by atoms with Crippen LogP contribution in [0.1, 0.15) is 18.9 Å². The molecule has 0 aliphatic carbocycles. The van der Waals surface area contributed by atoms with E-state index < -0.39 is 0 Å². The topological polar surface area (TPSA) is 51.6 Å². The van der Waals surface area contributed by atoms with Crippen molar-refractivity contribution in [3.05, 3.63) is 23.9 Å². The zero-order valence-corrected chi connectivity index (χ0v) is 12.4. The second-order valence-electron chi connectivity index (χ2n) is 5.17. The zero-order valence-electron chi connectivity index (χ0n) is 12.4. The van der Waals surface area contributed by atoms with Gasteiger partial charge in [0.15, 0.2) is 0 Å². The Balaban J connectivity index is 2.03. The Morgan fingerprint density at radius 3 is 3.00 bits per heavy atom. The SMILES string of the molecule is CCNCc1cccnc1N1CCCN(CCO)CC1. The van der Waals surface area contributed by atoms with Crippen molar-refractivity contribution in [2.75, 3.05) is 50.8 Å². The molecule has 2 N–H and O–H groups in total. The molecule has 1 aromatic heterocycles. The van der Waals surface area contributed by atoms with Gasteiger partial charge < -0.3 is 15.3 Å². The van der Waals surface area contributed by atoms with Crippen LogP contribution in [0.3, 0.4) is 0 Å². The number of nitrogens with zero attached hydrogens (tertiary/aromatic N) is 3. The third-order valence-corrected chi connectivity index (χ3v) is 3.74. The minimum absolute atomic E-state index is 0.245. The van der Waals surface area contributed by atoms with Crippen molar-refractivity contribution >= 4 is 5.82 Å². The third-order valence-electron chi connectivity index (χ3n) is 3.74. The van der Waals surface area contributed by atoms with Crippen LogP contribution >= 0.6 is 0 Å². The van der Waals surface area contributed by atoms with E-state index in [1.54, 1.807) is 0 Å². The van der Waals surface area contributed by atoms with Crippen molar-refractivity contribution in [2.45, 2.75) is 19.9 Å². The smallest absolute Gasteiger partial charge is 0.133 e. The lowest BCUT2D eigenvalue weighted by Crippen LogP contribution is -2.33. The van der Waals surface area contributed by atoms with Crippen LogP contribution in [0.2, 0.25) is 0 Å². The predicted octanol–water partition coefficient (Wildman–Crippen LogP) is 0.695. The highest BCUT2D eigenvalue weighted by Gasteiger charge is 2.17. The molecule has 0 spiro atoms. The van der Waals surface area contributed by atoms with Crippen LogP contribution in [0.15, 0.2) is 18.3 Å².